The van der Waals surface area contributed by atoms with E-state index in [1.54, 1.807) is 6.08 Å². The van der Waals surface area contributed by atoms with Crippen molar-refractivity contribution >= 4 is 19.8 Å². The van der Waals surface area contributed by atoms with Gasteiger partial charge in [-0.3, -0.25) is 18.6 Å². The number of ether oxygens (including phenoxy) is 2. The number of unbranched alkanes of at least 4 members (excludes halogenated alkanes) is 7. The molecule has 13 heteroatoms. The van der Waals surface area contributed by atoms with Crippen molar-refractivity contribution in [1.29, 1.82) is 0 Å². The zero-order chi connectivity index (χ0) is 43.7. The highest BCUT2D eigenvalue weighted by atomic mass is 31.2. The molecule has 0 aromatic heterocycles. The summed E-state index contributed by atoms with van der Waals surface area (Å²) < 4.78 is 32.5. The van der Waals surface area contributed by atoms with Crippen molar-refractivity contribution in [3.63, 3.8) is 0 Å². The predicted molar refractivity (Wildman–Crippen MR) is 235 cm³/mol. The number of aliphatic hydroxyl groups is 4. The Bertz CT molecular complexity index is 1290. The van der Waals surface area contributed by atoms with E-state index in [-0.39, 0.29) is 32.1 Å². The van der Waals surface area contributed by atoms with Crippen LogP contribution in [0.3, 0.4) is 0 Å². The van der Waals surface area contributed by atoms with Gasteiger partial charge in [0.1, 0.15) is 12.7 Å². The summed E-state index contributed by atoms with van der Waals surface area (Å²) in [4.78, 5) is 35.1. The number of carbonyl (C=O) groups excluding carboxylic acids is 2. The van der Waals surface area contributed by atoms with Crippen LogP contribution in [-0.2, 0) is 32.7 Å². The molecule has 0 saturated heterocycles. The van der Waals surface area contributed by atoms with E-state index in [0.29, 0.717) is 12.8 Å². The summed E-state index contributed by atoms with van der Waals surface area (Å²) in [6.07, 6.45) is 40.0. The van der Waals surface area contributed by atoms with Crippen molar-refractivity contribution in [3.8, 4) is 0 Å². The number of phosphoric acid groups is 1. The molecule has 1 unspecified atom stereocenters. The van der Waals surface area contributed by atoms with Crippen molar-refractivity contribution in [1.82, 2.24) is 0 Å². The summed E-state index contributed by atoms with van der Waals surface area (Å²) in [5.74, 6) is -1.25. The van der Waals surface area contributed by atoms with Crippen LogP contribution in [-0.4, -0.2) is 88.1 Å². The molecule has 5 atom stereocenters. The van der Waals surface area contributed by atoms with Gasteiger partial charge in [0.15, 0.2) is 6.10 Å². The average molecular weight is 853 g/mol. The molecule has 0 rings (SSSR count). The van der Waals surface area contributed by atoms with Gasteiger partial charge in [-0.1, -0.05) is 125 Å². The van der Waals surface area contributed by atoms with Gasteiger partial charge in [0.25, 0.3) is 0 Å². The van der Waals surface area contributed by atoms with Crippen LogP contribution in [0.2, 0.25) is 0 Å². The van der Waals surface area contributed by atoms with Crippen molar-refractivity contribution < 1.29 is 58.0 Å². The Kier molecular flexibility index (Phi) is 38.5. The Balaban J connectivity index is 4.61. The Hall–Kier alpha value is -2.93. The van der Waals surface area contributed by atoms with Gasteiger partial charge in [-0.25, -0.2) is 4.57 Å². The number of rotatable bonds is 39. The predicted octanol–water partition coefficient (Wildman–Crippen LogP) is 9.39. The summed E-state index contributed by atoms with van der Waals surface area (Å²) in [7, 11) is -4.71. The minimum atomic E-state index is -4.71. The molecule has 0 aliphatic carbocycles. The minimum absolute atomic E-state index is 0.123. The monoisotopic (exact) mass is 853 g/mol. The first-order valence-corrected chi connectivity index (χ1v) is 23.2. The van der Waals surface area contributed by atoms with Gasteiger partial charge in [-0.05, 0) is 89.9 Å². The van der Waals surface area contributed by atoms with Crippen molar-refractivity contribution in [3.05, 3.63) is 85.1 Å². The Morgan fingerprint density at radius 1 is 0.576 bits per heavy atom. The molecule has 0 spiro atoms. The molecule has 0 heterocycles. The second-order valence-corrected chi connectivity index (χ2v) is 15.7. The van der Waals surface area contributed by atoms with Gasteiger partial charge in [0, 0.05) is 12.8 Å². The van der Waals surface area contributed by atoms with E-state index in [1.807, 2.05) is 12.2 Å². The van der Waals surface area contributed by atoms with Gasteiger partial charge < -0.3 is 34.8 Å². The first-order valence-electron chi connectivity index (χ1n) is 21.7. The maximum absolute atomic E-state index is 12.6. The fourth-order valence-electron chi connectivity index (χ4n) is 5.26. The smallest absolute Gasteiger partial charge is 0.462 e. The third-order valence-electron chi connectivity index (χ3n) is 8.73. The van der Waals surface area contributed by atoms with Crippen LogP contribution in [0.4, 0.5) is 0 Å². The van der Waals surface area contributed by atoms with Gasteiger partial charge in [0.05, 0.1) is 32.0 Å². The van der Waals surface area contributed by atoms with E-state index in [0.717, 1.165) is 64.2 Å². The Labute approximate surface area is 355 Å². The molecule has 0 aliphatic rings. The second-order valence-electron chi connectivity index (χ2n) is 14.3. The maximum atomic E-state index is 12.6. The molecule has 338 valence electrons. The van der Waals surface area contributed by atoms with E-state index in [1.165, 1.54) is 19.3 Å². The van der Waals surface area contributed by atoms with Crippen LogP contribution in [0.25, 0.3) is 0 Å². The molecule has 12 nitrogen and oxygen atoms in total. The lowest BCUT2D eigenvalue weighted by atomic mass is 10.0. The van der Waals surface area contributed by atoms with Crippen LogP contribution in [0.5, 0.6) is 0 Å². The summed E-state index contributed by atoms with van der Waals surface area (Å²) in [5, 5.41) is 39.0. The number of phosphoric ester groups is 1. The SMILES string of the molecule is CC/C=C\C/C=C\C/C=C\C/C=C\C[C@@H](O)[C@H](O)CCCC(=O)O[C@H](COC(=O)CCCCCC/C=C\C/C=C\C/C=C\CCCCC)COP(=O)(O)OC[C@@H](O)CO. The number of hydrogen-bond donors (Lipinski definition) is 5. The Morgan fingerprint density at radius 2 is 1.08 bits per heavy atom. The number of carbonyl (C=O) groups is 2. The minimum Gasteiger partial charge on any atom is -0.462 e. The van der Waals surface area contributed by atoms with Crippen molar-refractivity contribution in [2.45, 2.75) is 167 Å². The molecule has 0 saturated carbocycles. The molecule has 0 aromatic rings. The lowest BCUT2D eigenvalue weighted by Crippen LogP contribution is -2.30. The van der Waals surface area contributed by atoms with Crippen molar-refractivity contribution in [2.75, 3.05) is 26.4 Å². The van der Waals surface area contributed by atoms with E-state index in [2.05, 4.69) is 85.2 Å². The molecule has 0 amide bonds. The van der Waals surface area contributed by atoms with Crippen molar-refractivity contribution in [2.24, 2.45) is 0 Å². The van der Waals surface area contributed by atoms with Gasteiger partial charge in [-0.15, -0.1) is 0 Å². The molecule has 5 N–H and O–H groups in total. The van der Waals surface area contributed by atoms with Crippen LogP contribution in [0.15, 0.2) is 85.1 Å². The fourth-order valence-corrected chi connectivity index (χ4v) is 6.05. The van der Waals surface area contributed by atoms with Crippen LogP contribution in [0.1, 0.15) is 142 Å². The van der Waals surface area contributed by atoms with E-state index < -0.39 is 70.6 Å². The molecular weight excluding hydrogens is 775 g/mol. The zero-order valence-corrected chi connectivity index (χ0v) is 36.8. The van der Waals surface area contributed by atoms with E-state index in [4.69, 9.17) is 19.1 Å². The molecule has 0 radical (unpaired) electrons. The lowest BCUT2D eigenvalue weighted by molar-refractivity contribution is -0.161. The Morgan fingerprint density at radius 3 is 1.66 bits per heavy atom. The summed E-state index contributed by atoms with van der Waals surface area (Å²) in [5.41, 5.74) is 0. The fraction of sp³-hybridized carbons (Fsp3) is 0.652. The largest absolute Gasteiger partial charge is 0.472 e. The number of hydrogen-bond acceptors (Lipinski definition) is 11. The van der Waals surface area contributed by atoms with Gasteiger partial charge in [0.2, 0.25) is 0 Å². The van der Waals surface area contributed by atoms with E-state index in [9.17, 15) is 34.4 Å². The highest BCUT2D eigenvalue weighted by molar-refractivity contribution is 7.47. The van der Waals surface area contributed by atoms with Gasteiger partial charge in [-0.2, -0.15) is 0 Å². The zero-order valence-electron chi connectivity index (χ0n) is 35.9. The summed E-state index contributed by atoms with van der Waals surface area (Å²) >= 11 is 0. The van der Waals surface area contributed by atoms with Crippen LogP contribution < -0.4 is 0 Å². The maximum Gasteiger partial charge on any atom is 0.472 e. The van der Waals surface area contributed by atoms with Gasteiger partial charge >= 0.3 is 19.8 Å². The molecule has 59 heavy (non-hydrogen) atoms. The highest BCUT2D eigenvalue weighted by Crippen LogP contribution is 2.43. The first-order chi connectivity index (χ1) is 28.5. The molecular formula is C46H77O12P. The summed E-state index contributed by atoms with van der Waals surface area (Å²) in [6.45, 7) is 1.85. The third kappa shape index (κ3) is 39.0. The highest BCUT2D eigenvalue weighted by Gasteiger charge is 2.27. The standard InChI is InChI=1S/C46H77O12P/c1-3-5-7-9-11-13-15-17-18-19-20-21-23-25-27-29-31-35-45(51)55-39-42(40-57-59(53,54)56-38-41(48)37-47)58-46(52)36-32-34-44(50)43(49)33-30-28-26-24-22-16-14-12-10-8-6-4-2/h6,8,11-14,17-18,20-22,24,28,30,41-44,47-50H,3-5,7,9-10,15-16,19,23,25-27,29,31-40H2,1-2H3,(H,53,54)/b8-6-,13-11-,14-12-,18-17-,21-20-,24-22-,30-28-/t41-,42+,43+,44+/m0/s1. The number of esters is 2. The molecule has 0 aromatic carbocycles. The number of allylic oxidation sites excluding steroid dienone is 13. The van der Waals surface area contributed by atoms with E-state index >= 15 is 0 Å². The number of aliphatic hydroxyl groups excluding tert-OH is 4. The summed E-state index contributed by atoms with van der Waals surface area (Å²) in [6, 6.07) is 0. The van der Waals surface area contributed by atoms with Crippen LogP contribution >= 0.6 is 7.82 Å². The normalized spacial score (nSPS) is 15.7. The second kappa shape index (κ2) is 40.5. The first kappa shape index (κ1) is 56.1. The molecule has 0 bridgehead atoms. The topological polar surface area (TPSA) is 189 Å². The average Bonchev–Trinajstić information content (AvgIpc) is 3.22. The third-order valence-corrected chi connectivity index (χ3v) is 9.69. The molecule has 0 fully saturated rings. The van der Waals surface area contributed by atoms with Crippen LogP contribution in [0, 0.1) is 0 Å². The molecule has 0 aliphatic heterocycles. The quantitative estimate of drug-likeness (QED) is 0.0171. The lowest BCUT2D eigenvalue weighted by Gasteiger charge is -2.20.